The van der Waals surface area contributed by atoms with E-state index in [1.54, 1.807) is 0 Å². The van der Waals surface area contributed by atoms with Crippen LogP contribution >= 0.6 is 34.8 Å². The van der Waals surface area contributed by atoms with Crippen molar-refractivity contribution in [2.75, 3.05) is 0 Å². The number of pyridine rings is 1. The van der Waals surface area contributed by atoms with Gasteiger partial charge >= 0.3 is 5.97 Å². The van der Waals surface area contributed by atoms with Crippen molar-refractivity contribution >= 4 is 40.8 Å². The molecular formula is C19H10Cl3NO2. The molecular weight excluding hydrogens is 381 g/mol. The van der Waals surface area contributed by atoms with Crippen molar-refractivity contribution in [3.05, 3.63) is 86.6 Å². The van der Waals surface area contributed by atoms with Crippen molar-refractivity contribution in [2.45, 2.75) is 6.10 Å². The van der Waals surface area contributed by atoms with Crippen LogP contribution in [0.15, 0.2) is 54.7 Å². The molecule has 0 unspecified atom stereocenters. The SMILES string of the molecule is O=C(OC1c2ccccc2-c2ccccc21)c1ncc(Cl)c(Cl)c1Cl. The molecule has 4 rings (SSSR count). The number of nitrogens with zero attached hydrogens (tertiary/aromatic N) is 1. The van der Waals surface area contributed by atoms with Crippen molar-refractivity contribution < 1.29 is 9.53 Å². The third-order valence-corrected chi connectivity index (χ3v) is 5.35. The standard InChI is InChI=1S/C19H10Cl3NO2/c20-14-9-23-17(16(22)15(14)21)19(24)25-18-12-7-3-1-5-10(12)11-6-2-4-8-13(11)18/h1-9,18H. The Morgan fingerprint density at radius 1 is 0.880 bits per heavy atom. The van der Waals surface area contributed by atoms with Crippen LogP contribution in [0.3, 0.4) is 0 Å². The van der Waals surface area contributed by atoms with Crippen molar-refractivity contribution in [3.8, 4) is 11.1 Å². The summed E-state index contributed by atoms with van der Waals surface area (Å²) in [6, 6.07) is 15.6. The lowest BCUT2D eigenvalue weighted by Crippen LogP contribution is -2.13. The van der Waals surface area contributed by atoms with E-state index in [0.29, 0.717) is 0 Å². The molecule has 3 aromatic rings. The molecule has 3 nitrogen and oxygen atoms in total. The quantitative estimate of drug-likeness (QED) is 0.506. The first-order valence-corrected chi connectivity index (χ1v) is 8.60. The van der Waals surface area contributed by atoms with Crippen LogP contribution in [0.25, 0.3) is 11.1 Å². The number of esters is 1. The van der Waals surface area contributed by atoms with Crippen molar-refractivity contribution in [1.29, 1.82) is 0 Å². The Morgan fingerprint density at radius 2 is 1.44 bits per heavy atom. The molecule has 0 spiro atoms. The van der Waals surface area contributed by atoms with Gasteiger partial charge < -0.3 is 4.74 Å². The van der Waals surface area contributed by atoms with E-state index in [9.17, 15) is 4.79 Å². The minimum Gasteiger partial charge on any atom is -0.448 e. The molecule has 0 aliphatic heterocycles. The van der Waals surface area contributed by atoms with E-state index in [-0.39, 0.29) is 20.8 Å². The number of halogens is 3. The summed E-state index contributed by atoms with van der Waals surface area (Å²) in [5, 5.41) is 0.246. The first-order valence-electron chi connectivity index (χ1n) is 7.46. The highest BCUT2D eigenvalue weighted by Crippen LogP contribution is 2.45. The maximum atomic E-state index is 12.6. The van der Waals surface area contributed by atoms with Gasteiger partial charge in [-0.05, 0) is 11.1 Å². The van der Waals surface area contributed by atoms with E-state index >= 15 is 0 Å². The summed E-state index contributed by atoms with van der Waals surface area (Å²) in [4.78, 5) is 16.6. The van der Waals surface area contributed by atoms with Gasteiger partial charge in [0.2, 0.25) is 0 Å². The molecule has 1 aromatic heterocycles. The molecule has 2 aromatic carbocycles. The average Bonchev–Trinajstić information content (AvgIpc) is 2.94. The molecule has 0 amide bonds. The second-order valence-electron chi connectivity index (χ2n) is 5.54. The Bertz CT molecular complexity index is 958. The summed E-state index contributed by atoms with van der Waals surface area (Å²) < 4.78 is 5.74. The van der Waals surface area contributed by atoms with Gasteiger partial charge in [-0.15, -0.1) is 0 Å². The molecule has 124 valence electrons. The van der Waals surface area contributed by atoms with Crippen LogP contribution in [0.1, 0.15) is 27.7 Å². The maximum absolute atomic E-state index is 12.6. The molecule has 0 saturated carbocycles. The van der Waals surface area contributed by atoms with E-state index in [1.807, 2.05) is 48.5 Å². The molecule has 0 radical (unpaired) electrons. The van der Waals surface area contributed by atoms with E-state index in [4.69, 9.17) is 39.5 Å². The molecule has 0 saturated heterocycles. The Labute approximate surface area is 159 Å². The highest BCUT2D eigenvalue weighted by Gasteiger charge is 2.32. The van der Waals surface area contributed by atoms with Gasteiger partial charge in [0.1, 0.15) is 0 Å². The molecule has 1 aliphatic rings. The second kappa shape index (κ2) is 6.34. The summed E-state index contributed by atoms with van der Waals surface area (Å²) in [6.07, 6.45) is 0.760. The fraction of sp³-hybridized carbons (Fsp3) is 0.0526. The lowest BCUT2D eigenvalue weighted by Gasteiger charge is -2.15. The second-order valence-corrected chi connectivity index (χ2v) is 6.71. The van der Waals surface area contributed by atoms with Crippen molar-refractivity contribution in [1.82, 2.24) is 4.98 Å². The number of hydrogen-bond donors (Lipinski definition) is 0. The van der Waals surface area contributed by atoms with E-state index in [1.165, 1.54) is 6.20 Å². The molecule has 0 atom stereocenters. The largest absolute Gasteiger partial charge is 0.448 e. The minimum absolute atomic E-state index is 0.0151. The fourth-order valence-electron chi connectivity index (χ4n) is 2.98. The zero-order chi connectivity index (χ0) is 17.6. The molecule has 6 heteroatoms. The van der Waals surface area contributed by atoms with Crippen molar-refractivity contribution in [2.24, 2.45) is 0 Å². The Hall–Kier alpha value is -2.07. The van der Waals surface area contributed by atoms with Crippen LogP contribution in [0.4, 0.5) is 0 Å². The molecule has 1 heterocycles. The van der Waals surface area contributed by atoms with Gasteiger partial charge in [-0.3, -0.25) is 0 Å². The van der Waals surface area contributed by atoms with Crippen LogP contribution < -0.4 is 0 Å². The van der Waals surface area contributed by atoms with Crippen LogP contribution in [0.5, 0.6) is 0 Å². The maximum Gasteiger partial charge on any atom is 0.359 e. The summed E-state index contributed by atoms with van der Waals surface area (Å²) in [7, 11) is 0. The first-order chi connectivity index (χ1) is 12.1. The molecule has 1 aliphatic carbocycles. The topological polar surface area (TPSA) is 39.2 Å². The predicted octanol–water partition coefficient (Wildman–Crippen LogP) is 5.97. The molecule has 0 bridgehead atoms. The summed E-state index contributed by atoms with van der Waals surface area (Å²) in [6.45, 7) is 0. The van der Waals surface area contributed by atoms with Gasteiger partial charge in [0.15, 0.2) is 11.8 Å². The Kier molecular flexibility index (Phi) is 4.16. The zero-order valence-corrected chi connectivity index (χ0v) is 14.9. The van der Waals surface area contributed by atoms with Crippen LogP contribution in [-0.4, -0.2) is 11.0 Å². The highest BCUT2D eigenvalue weighted by atomic mass is 35.5. The van der Waals surface area contributed by atoms with Gasteiger partial charge in [-0.1, -0.05) is 83.3 Å². The Morgan fingerprint density at radius 3 is 2.04 bits per heavy atom. The van der Waals surface area contributed by atoms with Crippen LogP contribution in [-0.2, 0) is 4.74 Å². The first kappa shape index (κ1) is 16.4. The van der Waals surface area contributed by atoms with E-state index < -0.39 is 12.1 Å². The van der Waals surface area contributed by atoms with Crippen molar-refractivity contribution in [3.63, 3.8) is 0 Å². The molecule has 0 fully saturated rings. The highest BCUT2D eigenvalue weighted by molar-refractivity contribution is 6.48. The number of ether oxygens (including phenoxy) is 1. The number of fused-ring (bicyclic) bond motifs is 3. The van der Waals surface area contributed by atoms with Crippen LogP contribution in [0, 0.1) is 0 Å². The lowest BCUT2D eigenvalue weighted by molar-refractivity contribution is 0.0379. The number of rotatable bonds is 2. The summed E-state index contributed by atoms with van der Waals surface area (Å²) >= 11 is 18.0. The number of hydrogen-bond acceptors (Lipinski definition) is 3. The number of aromatic nitrogens is 1. The third kappa shape index (κ3) is 2.69. The lowest BCUT2D eigenvalue weighted by atomic mass is 10.1. The van der Waals surface area contributed by atoms with Gasteiger partial charge in [-0.2, -0.15) is 0 Å². The fourth-order valence-corrected chi connectivity index (χ4v) is 3.54. The molecule has 25 heavy (non-hydrogen) atoms. The number of carbonyl (C=O) groups is 1. The minimum atomic E-state index is -0.653. The third-order valence-electron chi connectivity index (χ3n) is 4.11. The number of benzene rings is 2. The smallest absolute Gasteiger partial charge is 0.359 e. The predicted molar refractivity (Wildman–Crippen MR) is 98.4 cm³/mol. The van der Waals surface area contributed by atoms with Gasteiger partial charge in [0, 0.05) is 17.3 Å². The molecule has 0 N–H and O–H groups in total. The van der Waals surface area contributed by atoms with Gasteiger partial charge in [-0.25, -0.2) is 9.78 Å². The number of carbonyl (C=O) groups excluding carboxylic acids is 1. The Balaban J connectivity index is 1.74. The van der Waals surface area contributed by atoms with Gasteiger partial charge in [0.25, 0.3) is 0 Å². The van der Waals surface area contributed by atoms with Gasteiger partial charge in [0.05, 0.1) is 15.1 Å². The average molecular weight is 391 g/mol. The summed E-state index contributed by atoms with van der Waals surface area (Å²) in [5.41, 5.74) is 3.88. The monoisotopic (exact) mass is 389 g/mol. The zero-order valence-electron chi connectivity index (χ0n) is 12.7. The van der Waals surface area contributed by atoms with Crippen LogP contribution in [0.2, 0.25) is 15.1 Å². The van der Waals surface area contributed by atoms with E-state index in [2.05, 4.69) is 4.98 Å². The summed E-state index contributed by atoms with van der Waals surface area (Å²) in [5.74, 6) is -0.653. The van der Waals surface area contributed by atoms with E-state index in [0.717, 1.165) is 22.3 Å². The normalized spacial score (nSPS) is 12.6.